The van der Waals surface area contributed by atoms with Crippen molar-refractivity contribution in [2.75, 3.05) is 19.8 Å². The summed E-state index contributed by atoms with van der Waals surface area (Å²) < 4.78 is 18.8. The van der Waals surface area contributed by atoms with Crippen molar-refractivity contribution in [1.29, 1.82) is 0 Å². The molecule has 0 spiro atoms. The molecule has 0 saturated heterocycles. The van der Waals surface area contributed by atoms with Gasteiger partial charge in [-0.15, -0.1) is 0 Å². The molecule has 0 saturated carbocycles. The summed E-state index contributed by atoms with van der Waals surface area (Å²) in [7, 11) is 0. The third kappa shape index (κ3) is 5.04. The minimum Gasteiger partial charge on any atom is -0.494 e. The SMILES string of the molecule is C=CCOc1ccc(C=c2sc3n(c2=O)C(c2ccccc2OCC)C(C(=O)OCC)=C(C)N=3)cc1. The summed E-state index contributed by atoms with van der Waals surface area (Å²) in [5.41, 5.74) is 2.15. The van der Waals surface area contributed by atoms with Gasteiger partial charge in [0.25, 0.3) is 5.56 Å². The number of para-hydroxylation sites is 1. The standard InChI is InChI=1S/C28H28N2O5S/c1-5-16-35-20-14-12-19(13-15-20)17-23-26(31)30-25(21-10-8-9-11-22(21)33-6-2)24(27(32)34-7-3)18(4)29-28(30)36-23/h5,8-15,17,25H,1,6-7,16H2,2-4H3. The van der Waals surface area contributed by atoms with Crippen molar-refractivity contribution in [3.63, 3.8) is 0 Å². The van der Waals surface area contributed by atoms with Gasteiger partial charge in [-0.05, 0) is 50.6 Å². The maximum Gasteiger partial charge on any atom is 0.338 e. The van der Waals surface area contributed by atoms with Gasteiger partial charge in [-0.25, -0.2) is 9.79 Å². The number of benzene rings is 2. The van der Waals surface area contributed by atoms with Crippen LogP contribution in [0.4, 0.5) is 0 Å². The van der Waals surface area contributed by atoms with Crippen LogP contribution in [0.1, 0.15) is 37.9 Å². The zero-order valence-electron chi connectivity index (χ0n) is 20.5. The molecule has 0 bridgehead atoms. The molecule has 2 heterocycles. The number of carbonyl (C=O) groups is 1. The van der Waals surface area contributed by atoms with E-state index in [-0.39, 0.29) is 12.2 Å². The minimum atomic E-state index is -0.722. The predicted octanol–water partition coefficient (Wildman–Crippen LogP) is 3.76. The first-order chi connectivity index (χ1) is 17.5. The molecular formula is C28H28N2O5S. The van der Waals surface area contributed by atoms with Crippen LogP contribution in [0.5, 0.6) is 11.5 Å². The van der Waals surface area contributed by atoms with E-state index in [1.807, 2.05) is 61.5 Å². The van der Waals surface area contributed by atoms with Crippen molar-refractivity contribution in [2.24, 2.45) is 4.99 Å². The van der Waals surface area contributed by atoms with Crippen LogP contribution in [-0.2, 0) is 9.53 Å². The number of hydrogen-bond donors (Lipinski definition) is 0. The van der Waals surface area contributed by atoms with E-state index in [0.29, 0.717) is 45.1 Å². The Bertz CT molecular complexity index is 1480. The molecule has 1 unspecified atom stereocenters. The van der Waals surface area contributed by atoms with E-state index >= 15 is 0 Å². The first-order valence-corrected chi connectivity index (χ1v) is 12.5. The summed E-state index contributed by atoms with van der Waals surface area (Å²) in [5.74, 6) is 0.821. The van der Waals surface area contributed by atoms with Gasteiger partial charge in [0.05, 0.1) is 29.0 Å². The van der Waals surface area contributed by atoms with Crippen LogP contribution in [0.2, 0.25) is 0 Å². The molecule has 1 aliphatic rings. The van der Waals surface area contributed by atoms with Gasteiger partial charge in [0.15, 0.2) is 4.80 Å². The third-order valence-electron chi connectivity index (χ3n) is 5.58. The van der Waals surface area contributed by atoms with E-state index in [2.05, 4.69) is 11.6 Å². The summed E-state index contributed by atoms with van der Waals surface area (Å²) in [6.07, 6.45) is 3.50. The lowest BCUT2D eigenvalue weighted by Crippen LogP contribution is -2.40. The van der Waals surface area contributed by atoms with E-state index in [1.54, 1.807) is 24.5 Å². The van der Waals surface area contributed by atoms with Crippen LogP contribution in [-0.4, -0.2) is 30.4 Å². The Balaban J connectivity index is 1.88. The van der Waals surface area contributed by atoms with Gasteiger partial charge < -0.3 is 14.2 Å². The zero-order valence-corrected chi connectivity index (χ0v) is 21.3. The van der Waals surface area contributed by atoms with E-state index in [1.165, 1.54) is 11.3 Å². The first-order valence-electron chi connectivity index (χ1n) is 11.7. The topological polar surface area (TPSA) is 79.1 Å². The number of hydrogen-bond acceptors (Lipinski definition) is 7. The van der Waals surface area contributed by atoms with Crippen molar-refractivity contribution in [3.05, 3.63) is 103 Å². The highest BCUT2D eigenvalue weighted by molar-refractivity contribution is 7.07. The fourth-order valence-corrected chi connectivity index (χ4v) is 5.09. The van der Waals surface area contributed by atoms with Gasteiger partial charge in [-0.1, -0.05) is 54.3 Å². The molecule has 3 aromatic rings. The Hall–Kier alpha value is -3.91. The second-order valence-electron chi connectivity index (χ2n) is 7.94. The maximum atomic E-state index is 13.7. The number of aromatic nitrogens is 1. The van der Waals surface area contributed by atoms with Crippen LogP contribution in [0.15, 0.2) is 82.2 Å². The van der Waals surface area contributed by atoms with Crippen LogP contribution in [0.3, 0.4) is 0 Å². The van der Waals surface area contributed by atoms with Gasteiger partial charge in [0.1, 0.15) is 24.1 Å². The normalized spacial score (nSPS) is 15.2. The Labute approximate surface area is 213 Å². The monoisotopic (exact) mass is 504 g/mol. The highest BCUT2D eigenvalue weighted by Crippen LogP contribution is 2.35. The van der Waals surface area contributed by atoms with Crippen LogP contribution in [0.25, 0.3) is 6.08 Å². The average Bonchev–Trinajstić information content (AvgIpc) is 3.17. The van der Waals surface area contributed by atoms with Gasteiger partial charge in [0, 0.05) is 5.56 Å². The van der Waals surface area contributed by atoms with E-state index in [4.69, 9.17) is 14.2 Å². The van der Waals surface area contributed by atoms with E-state index < -0.39 is 12.0 Å². The third-order valence-corrected chi connectivity index (χ3v) is 6.56. The molecule has 36 heavy (non-hydrogen) atoms. The molecule has 0 radical (unpaired) electrons. The fraction of sp³-hybridized carbons (Fsp3) is 0.250. The molecule has 0 amide bonds. The van der Waals surface area contributed by atoms with Crippen LogP contribution < -0.4 is 24.4 Å². The molecule has 1 atom stereocenters. The van der Waals surface area contributed by atoms with Crippen molar-refractivity contribution < 1.29 is 19.0 Å². The molecule has 1 aliphatic heterocycles. The van der Waals surface area contributed by atoms with Crippen molar-refractivity contribution >= 4 is 23.4 Å². The Morgan fingerprint density at radius 2 is 1.86 bits per heavy atom. The molecule has 4 rings (SSSR count). The number of rotatable bonds is 9. The average molecular weight is 505 g/mol. The molecule has 2 aromatic carbocycles. The summed E-state index contributed by atoms with van der Waals surface area (Å²) >= 11 is 1.28. The summed E-state index contributed by atoms with van der Waals surface area (Å²) in [5, 5.41) is 0. The minimum absolute atomic E-state index is 0.215. The van der Waals surface area contributed by atoms with Gasteiger partial charge >= 0.3 is 5.97 Å². The molecule has 1 aromatic heterocycles. The molecule has 7 nitrogen and oxygen atoms in total. The number of allylic oxidation sites excluding steroid dienone is 1. The number of esters is 1. The number of carbonyl (C=O) groups excluding carboxylic acids is 1. The van der Waals surface area contributed by atoms with Gasteiger partial charge in [-0.3, -0.25) is 9.36 Å². The molecule has 186 valence electrons. The number of thiazole rings is 1. The second-order valence-corrected chi connectivity index (χ2v) is 8.95. The second kappa shape index (κ2) is 11.2. The Kier molecular flexibility index (Phi) is 7.85. The van der Waals surface area contributed by atoms with Gasteiger partial charge in [0.2, 0.25) is 0 Å². The molecular weight excluding hydrogens is 476 g/mol. The smallest absolute Gasteiger partial charge is 0.338 e. The summed E-state index contributed by atoms with van der Waals surface area (Å²) in [4.78, 5) is 31.9. The van der Waals surface area contributed by atoms with Crippen LogP contribution in [0, 0.1) is 0 Å². The van der Waals surface area contributed by atoms with Crippen LogP contribution >= 0.6 is 11.3 Å². The highest BCUT2D eigenvalue weighted by atomic mass is 32.1. The number of nitrogens with zero attached hydrogens (tertiary/aromatic N) is 2. The van der Waals surface area contributed by atoms with Crippen molar-refractivity contribution in [2.45, 2.75) is 26.8 Å². The lowest BCUT2D eigenvalue weighted by Gasteiger charge is -2.26. The zero-order chi connectivity index (χ0) is 25.7. The summed E-state index contributed by atoms with van der Waals surface area (Å²) in [6.45, 7) is 10.1. The lowest BCUT2D eigenvalue weighted by atomic mass is 9.95. The van der Waals surface area contributed by atoms with E-state index in [0.717, 1.165) is 11.3 Å². The Morgan fingerprint density at radius 1 is 1.11 bits per heavy atom. The maximum absolute atomic E-state index is 13.7. The molecule has 0 N–H and O–H groups in total. The summed E-state index contributed by atoms with van der Waals surface area (Å²) in [6, 6.07) is 14.2. The van der Waals surface area contributed by atoms with Gasteiger partial charge in [-0.2, -0.15) is 0 Å². The fourth-order valence-electron chi connectivity index (χ4n) is 4.05. The number of fused-ring (bicyclic) bond motifs is 1. The van der Waals surface area contributed by atoms with E-state index in [9.17, 15) is 9.59 Å². The molecule has 8 heteroatoms. The largest absolute Gasteiger partial charge is 0.494 e. The van der Waals surface area contributed by atoms with Crippen molar-refractivity contribution in [1.82, 2.24) is 4.57 Å². The quantitative estimate of drug-likeness (QED) is 0.328. The predicted molar refractivity (Wildman–Crippen MR) is 140 cm³/mol. The first kappa shape index (κ1) is 25.2. The highest BCUT2D eigenvalue weighted by Gasteiger charge is 2.35. The van der Waals surface area contributed by atoms with Crippen molar-refractivity contribution in [3.8, 4) is 11.5 Å². The lowest BCUT2D eigenvalue weighted by molar-refractivity contribution is -0.139. The molecule has 0 aliphatic carbocycles. The number of ether oxygens (including phenoxy) is 3. The Morgan fingerprint density at radius 3 is 2.56 bits per heavy atom. The molecule has 0 fully saturated rings.